The van der Waals surface area contributed by atoms with Crippen LogP contribution in [0.25, 0.3) is 16.8 Å². The highest BCUT2D eigenvalue weighted by Gasteiger charge is 2.25. The van der Waals surface area contributed by atoms with Crippen LogP contribution in [0.4, 0.5) is 0 Å². The summed E-state index contributed by atoms with van der Waals surface area (Å²) in [5.41, 5.74) is 2.12. The molecule has 6 nitrogen and oxygen atoms in total. The quantitative estimate of drug-likeness (QED) is 0.139. The van der Waals surface area contributed by atoms with Gasteiger partial charge < -0.3 is 14.2 Å². The Kier molecular flexibility index (Phi) is 7.14. The van der Waals surface area contributed by atoms with Gasteiger partial charge in [0.1, 0.15) is 0 Å². The predicted molar refractivity (Wildman–Crippen MR) is 146 cm³/mol. The van der Waals surface area contributed by atoms with E-state index in [1.807, 2.05) is 55.5 Å². The number of rotatable bonds is 8. The third kappa shape index (κ3) is 5.47. The summed E-state index contributed by atoms with van der Waals surface area (Å²) in [6.07, 6.45) is 1.63. The molecular weight excluding hydrogens is 534 g/mol. The molecule has 37 heavy (non-hydrogen) atoms. The van der Waals surface area contributed by atoms with Crippen molar-refractivity contribution in [2.45, 2.75) is 6.92 Å². The summed E-state index contributed by atoms with van der Waals surface area (Å²) in [6.45, 7) is 2.10. The summed E-state index contributed by atoms with van der Waals surface area (Å²) in [4.78, 5) is 29.5. The molecule has 0 bridgehead atoms. The lowest BCUT2D eigenvalue weighted by Crippen LogP contribution is -2.12. The summed E-state index contributed by atoms with van der Waals surface area (Å²) in [5, 5.41) is 2.12. The Bertz CT molecular complexity index is 1560. The van der Waals surface area contributed by atoms with E-state index in [0.29, 0.717) is 33.7 Å². The predicted octanol–water partition coefficient (Wildman–Crippen LogP) is 6.61. The van der Waals surface area contributed by atoms with Crippen LogP contribution in [0.2, 0.25) is 0 Å². The standard InChI is InChI=1S/C30H22BrNO5/c1-2-35-27-16-19(14-24(31)28(27)36-18-26(33)21-9-4-3-5-10-21)15-25-30(34)37-29(32-25)23-13-12-20-8-6-7-11-22(20)17-23/h3-17H,2,18H2,1H3/b25-15-. The van der Waals surface area contributed by atoms with Crippen molar-refractivity contribution in [3.63, 3.8) is 0 Å². The summed E-state index contributed by atoms with van der Waals surface area (Å²) in [7, 11) is 0. The lowest BCUT2D eigenvalue weighted by Gasteiger charge is -2.14. The van der Waals surface area contributed by atoms with E-state index in [2.05, 4.69) is 20.9 Å². The molecule has 0 aromatic heterocycles. The van der Waals surface area contributed by atoms with Gasteiger partial charge in [-0.15, -0.1) is 0 Å². The second-order valence-electron chi connectivity index (χ2n) is 8.24. The van der Waals surface area contributed by atoms with Crippen molar-refractivity contribution in [3.05, 3.63) is 112 Å². The average molecular weight is 556 g/mol. The van der Waals surface area contributed by atoms with Crippen molar-refractivity contribution in [2.75, 3.05) is 13.2 Å². The van der Waals surface area contributed by atoms with E-state index in [1.54, 1.807) is 42.5 Å². The minimum absolute atomic E-state index is 0.144. The van der Waals surface area contributed by atoms with Crippen molar-refractivity contribution in [3.8, 4) is 11.5 Å². The molecule has 4 aromatic rings. The molecule has 0 spiro atoms. The monoisotopic (exact) mass is 555 g/mol. The number of ether oxygens (including phenoxy) is 3. The molecule has 1 aliphatic heterocycles. The maximum absolute atomic E-state index is 12.6. The SMILES string of the molecule is CCOc1cc(/C=C2\N=C(c3ccc4ccccc4c3)OC2=O)cc(Br)c1OCC(=O)c1ccccc1. The first-order chi connectivity index (χ1) is 18.0. The molecule has 0 saturated heterocycles. The number of ketones is 1. The highest BCUT2D eigenvalue weighted by atomic mass is 79.9. The van der Waals surface area contributed by atoms with E-state index >= 15 is 0 Å². The molecule has 1 heterocycles. The molecule has 0 fully saturated rings. The molecule has 0 saturated carbocycles. The van der Waals surface area contributed by atoms with Crippen LogP contribution < -0.4 is 9.47 Å². The molecule has 0 N–H and O–H groups in total. The second-order valence-corrected chi connectivity index (χ2v) is 9.09. The first kappa shape index (κ1) is 24.5. The zero-order valence-corrected chi connectivity index (χ0v) is 21.5. The number of esters is 1. The highest BCUT2D eigenvalue weighted by Crippen LogP contribution is 2.38. The van der Waals surface area contributed by atoms with E-state index in [4.69, 9.17) is 14.2 Å². The normalized spacial score (nSPS) is 13.9. The Balaban J connectivity index is 1.40. The topological polar surface area (TPSA) is 74.2 Å². The molecule has 0 radical (unpaired) electrons. The lowest BCUT2D eigenvalue weighted by molar-refractivity contribution is -0.129. The highest BCUT2D eigenvalue weighted by molar-refractivity contribution is 9.10. The number of carbonyl (C=O) groups is 2. The number of halogens is 1. The first-order valence-corrected chi connectivity index (χ1v) is 12.5. The second kappa shape index (κ2) is 10.8. The van der Waals surface area contributed by atoms with Crippen LogP contribution in [0.5, 0.6) is 11.5 Å². The van der Waals surface area contributed by atoms with Gasteiger partial charge >= 0.3 is 5.97 Å². The van der Waals surface area contributed by atoms with Crippen LogP contribution in [0.1, 0.15) is 28.4 Å². The average Bonchev–Trinajstić information content (AvgIpc) is 3.28. The van der Waals surface area contributed by atoms with Gasteiger partial charge in [0, 0.05) is 11.1 Å². The number of fused-ring (bicyclic) bond motifs is 1. The van der Waals surface area contributed by atoms with Gasteiger partial charge in [-0.2, -0.15) is 0 Å². The van der Waals surface area contributed by atoms with E-state index in [1.165, 1.54) is 0 Å². The number of aliphatic imine (C=N–C) groups is 1. The van der Waals surface area contributed by atoms with Gasteiger partial charge in [-0.1, -0.05) is 60.7 Å². The summed E-state index contributed by atoms with van der Waals surface area (Å²) in [5.74, 6) is 0.416. The number of hydrogen-bond donors (Lipinski definition) is 0. The van der Waals surface area contributed by atoms with Crippen molar-refractivity contribution in [1.29, 1.82) is 0 Å². The van der Waals surface area contributed by atoms with E-state index < -0.39 is 5.97 Å². The van der Waals surface area contributed by atoms with Crippen molar-refractivity contribution in [2.24, 2.45) is 4.99 Å². The van der Waals surface area contributed by atoms with Crippen LogP contribution in [0.3, 0.4) is 0 Å². The Morgan fingerprint density at radius 2 is 1.70 bits per heavy atom. The number of cyclic esters (lactones) is 1. The molecule has 7 heteroatoms. The maximum atomic E-state index is 12.6. The third-order valence-corrected chi connectivity index (χ3v) is 6.28. The third-order valence-electron chi connectivity index (χ3n) is 5.70. The number of nitrogens with zero attached hydrogens (tertiary/aromatic N) is 1. The van der Waals surface area contributed by atoms with Crippen molar-refractivity contribution < 1.29 is 23.8 Å². The fraction of sp³-hybridized carbons (Fsp3) is 0.100. The van der Waals surface area contributed by atoms with Gasteiger partial charge in [-0.3, -0.25) is 4.79 Å². The van der Waals surface area contributed by atoms with Crippen molar-refractivity contribution >= 4 is 50.4 Å². The van der Waals surface area contributed by atoms with Crippen LogP contribution in [0, 0.1) is 0 Å². The van der Waals surface area contributed by atoms with E-state index in [0.717, 1.165) is 16.3 Å². The van der Waals surface area contributed by atoms with Crippen LogP contribution in [0.15, 0.2) is 100 Å². The summed E-state index contributed by atoms with van der Waals surface area (Å²) >= 11 is 3.51. The Morgan fingerprint density at radius 3 is 2.49 bits per heavy atom. The molecular formula is C30H22BrNO5. The smallest absolute Gasteiger partial charge is 0.363 e. The Morgan fingerprint density at radius 1 is 0.946 bits per heavy atom. The molecule has 0 amide bonds. The van der Waals surface area contributed by atoms with Crippen LogP contribution >= 0.6 is 15.9 Å². The maximum Gasteiger partial charge on any atom is 0.363 e. The zero-order valence-electron chi connectivity index (χ0n) is 19.9. The van der Waals surface area contributed by atoms with Gasteiger partial charge in [0.05, 0.1) is 11.1 Å². The van der Waals surface area contributed by atoms with Gasteiger partial charge in [0.15, 0.2) is 29.6 Å². The fourth-order valence-electron chi connectivity index (χ4n) is 3.93. The fourth-order valence-corrected chi connectivity index (χ4v) is 4.51. The minimum Gasteiger partial charge on any atom is -0.490 e. The van der Waals surface area contributed by atoms with Gasteiger partial charge in [-0.05, 0) is 69.5 Å². The zero-order chi connectivity index (χ0) is 25.8. The Hall–Kier alpha value is -4.23. The van der Waals surface area contributed by atoms with Gasteiger partial charge in [0.2, 0.25) is 5.90 Å². The van der Waals surface area contributed by atoms with Crippen LogP contribution in [-0.2, 0) is 9.53 Å². The largest absolute Gasteiger partial charge is 0.490 e. The molecule has 0 unspecified atom stereocenters. The molecule has 4 aromatic carbocycles. The van der Waals surface area contributed by atoms with Gasteiger partial charge in [-0.25, -0.2) is 9.79 Å². The van der Waals surface area contributed by atoms with Gasteiger partial charge in [0.25, 0.3) is 0 Å². The number of hydrogen-bond acceptors (Lipinski definition) is 6. The van der Waals surface area contributed by atoms with Crippen molar-refractivity contribution in [1.82, 2.24) is 0 Å². The first-order valence-electron chi connectivity index (χ1n) is 11.7. The Labute approximate surface area is 222 Å². The molecule has 184 valence electrons. The minimum atomic E-state index is -0.536. The number of Topliss-reactive ketones (excluding diaryl/α,β-unsaturated/α-hetero) is 1. The summed E-state index contributed by atoms with van der Waals surface area (Å²) in [6, 6.07) is 26.2. The number of carbonyl (C=O) groups excluding carboxylic acids is 2. The molecule has 0 aliphatic carbocycles. The molecule has 1 aliphatic rings. The number of benzene rings is 4. The van der Waals surface area contributed by atoms with E-state index in [9.17, 15) is 9.59 Å². The molecule has 5 rings (SSSR count). The summed E-state index contributed by atoms with van der Waals surface area (Å²) < 4.78 is 17.6. The lowest BCUT2D eigenvalue weighted by atomic mass is 10.1. The molecule has 0 atom stereocenters. The van der Waals surface area contributed by atoms with E-state index in [-0.39, 0.29) is 24.0 Å². The van der Waals surface area contributed by atoms with Crippen LogP contribution in [-0.4, -0.2) is 30.9 Å².